The molecule has 5 heteroatoms. The van der Waals surface area contributed by atoms with Crippen molar-refractivity contribution in [1.82, 2.24) is 15.6 Å². The second-order valence-corrected chi connectivity index (χ2v) is 5.49. The maximum atomic E-state index is 5.46. The van der Waals surface area contributed by atoms with Crippen LogP contribution in [-0.2, 0) is 11.3 Å². The summed E-state index contributed by atoms with van der Waals surface area (Å²) in [4.78, 5) is 5.54. The smallest absolute Gasteiger partial charge is 0.0897 e. The highest BCUT2D eigenvalue weighted by Crippen LogP contribution is 2.14. The van der Waals surface area contributed by atoms with Gasteiger partial charge in [-0.1, -0.05) is 0 Å². The number of hydrogen-bond donors (Lipinski definition) is 2. The predicted molar refractivity (Wildman–Crippen MR) is 65.7 cm³/mol. The van der Waals surface area contributed by atoms with Gasteiger partial charge in [0.05, 0.1) is 18.2 Å². The second-order valence-electron chi connectivity index (χ2n) is 4.17. The largest absolute Gasteiger partial charge is 0.379 e. The van der Waals surface area contributed by atoms with Gasteiger partial charge < -0.3 is 15.4 Å². The molecule has 16 heavy (non-hydrogen) atoms. The molecule has 2 rings (SSSR count). The third-order valence-electron chi connectivity index (χ3n) is 2.94. The number of aromatic nitrogens is 1. The van der Waals surface area contributed by atoms with Crippen molar-refractivity contribution in [2.24, 2.45) is 5.92 Å². The highest BCUT2D eigenvalue weighted by molar-refractivity contribution is 7.11. The Morgan fingerprint density at radius 3 is 3.12 bits per heavy atom. The normalized spacial score (nSPS) is 25.1. The highest BCUT2D eigenvalue weighted by atomic mass is 32.1. The molecular formula is C11H19N3OS. The van der Waals surface area contributed by atoms with Crippen molar-refractivity contribution in [2.75, 3.05) is 26.8 Å². The van der Waals surface area contributed by atoms with Gasteiger partial charge in [-0.3, -0.25) is 0 Å². The minimum Gasteiger partial charge on any atom is -0.379 e. The quantitative estimate of drug-likeness (QED) is 0.799. The lowest BCUT2D eigenvalue weighted by atomic mass is 10.0. The molecule has 4 nitrogen and oxygen atoms in total. The van der Waals surface area contributed by atoms with Crippen LogP contribution in [0.4, 0.5) is 0 Å². The molecule has 2 atom stereocenters. The highest BCUT2D eigenvalue weighted by Gasteiger charge is 2.26. The van der Waals surface area contributed by atoms with E-state index in [2.05, 4.69) is 15.6 Å². The first-order chi connectivity index (χ1) is 7.79. The van der Waals surface area contributed by atoms with Gasteiger partial charge in [-0.05, 0) is 14.0 Å². The zero-order valence-electron chi connectivity index (χ0n) is 9.82. The molecule has 2 N–H and O–H groups in total. The minimum atomic E-state index is 0.496. The van der Waals surface area contributed by atoms with E-state index in [-0.39, 0.29) is 0 Å². The third-order valence-corrected chi connectivity index (χ3v) is 3.86. The Bertz CT molecular complexity index is 329. The SMILES string of the molecule is CNC1COCC1CNCc1cnc(C)s1. The molecule has 0 amide bonds. The van der Waals surface area contributed by atoms with E-state index in [1.165, 1.54) is 4.88 Å². The van der Waals surface area contributed by atoms with Crippen molar-refractivity contribution in [1.29, 1.82) is 0 Å². The van der Waals surface area contributed by atoms with Crippen LogP contribution in [-0.4, -0.2) is 37.8 Å². The third kappa shape index (κ3) is 3.01. The lowest BCUT2D eigenvalue weighted by Gasteiger charge is -2.16. The fourth-order valence-corrected chi connectivity index (χ4v) is 2.75. The number of likely N-dealkylation sites (N-methyl/N-ethyl adjacent to an activating group) is 1. The molecule has 1 aromatic heterocycles. The van der Waals surface area contributed by atoms with E-state index >= 15 is 0 Å². The molecule has 2 heterocycles. The molecule has 0 spiro atoms. The molecule has 0 radical (unpaired) electrons. The number of aryl methyl sites for hydroxylation is 1. The molecule has 1 aromatic rings. The summed E-state index contributed by atoms with van der Waals surface area (Å²) in [5, 5.41) is 7.90. The summed E-state index contributed by atoms with van der Waals surface area (Å²) < 4.78 is 5.46. The zero-order valence-corrected chi connectivity index (χ0v) is 10.6. The minimum absolute atomic E-state index is 0.496. The summed E-state index contributed by atoms with van der Waals surface area (Å²) in [5.74, 6) is 0.582. The number of nitrogens with zero attached hydrogens (tertiary/aromatic N) is 1. The molecule has 0 bridgehead atoms. The molecule has 0 aliphatic carbocycles. The molecule has 0 aromatic carbocycles. The van der Waals surface area contributed by atoms with Crippen LogP contribution in [0, 0.1) is 12.8 Å². The van der Waals surface area contributed by atoms with Crippen molar-refractivity contribution in [2.45, 2.75) is 19.5 Å². The van der Waals surface area contributed by atoms with Gasteiger partial charge in [-0.2, -0.15) is 0 Å². The van der Waals surface area contributed by atoms with E-state index in [0.29, 0.717) is 12.0 Å². The summed E-state index contributed by atoms with van der Waals surface area (Å²) in [7, 11) is 2.00. The number of nitrogens with one attached hydrogen (secondary N) is 2. The lowest BCUT2D eigenvalue weighted by molar-refractivity contribution is 0.182. The molecule has 1 saturated heterocycles. The topological polar surface area (TPSA) is 46.2 Å². The van der Waals surface area contributed by atoms with Gasteiger partial charge in [-0.25, -0.2) is 4.98 Å². The van der Waals surface area contributed by atoms with Crippen molar-refractivity contribution in [3.8, 4) is 0 Å². The van der Waals surface area contributed by atoms with E-state index in [9.17, 15) is 0 Å². The number of thiazole rings is 1. The van der Waals surface area contributed by atoms with E-state index in [0.717, 1.165) is 31.3 Å². The van der Waals surface area contributed by atoms with Gasteiger partial charge in [-0.15, -0.1) is 11.3 Å². The standard InChI is InChI=1S/C11H19N3OS/c1-8-14-5-10(16-8)4-13-3-9-6-15-7-11(9)12-2/h5,9,11-13H,3-4,6-7H2,1-2H3. The molecule has 1 aliphatic rings. The Hall–Kier alpha value is -0.490. The second kappa shape index (κ2) is 5.72. The first-order valence-corrected chi connectivity index (χ1v) is 6.48. The van der Waals surface area contributed by atoms with E-state index in [1.54, 1.807) is 11.3 Å². The Kier molecular flexibility index (Phi) is 4.29. The number of rotatable bonds is 5. The summed E-state index contributed by atoms with van der Waals surface area (Å²) in [5.41, 5.74) is 0. The maximum Gasteiger partial charge on any atom is 0.0897 e. The van der Waals surface area contributed by atoms with Crippen LogP contribution in [0.1, 0.15) is 9.88 Å². The fourth-order valence-electron chi connectivity index (χ4n) is 1.99. The van der Waals surface area contributed by atoms with Crippen molar-refractivity contribution < 1.29 is 4.74 Å². The van der Waals surface area contributed by atoms with Gasteiger partial charge >= 0.3 is 0 Å². The van der Waals surface area contributed by atoms with Crippen LogP contribution in [0.15, 0.2) is 6.20 Å². The van der Waals surface area contributed by atoms with Crippen molar-refractivity contribution >= 4 is 11.3 Å². The maximum absolute atomic E-state index is 5.46. The number of ether oxygens (including phenoxy) is 1. The van der Waals surface area contributed by atoms with Crippen LogP contribution in [0.2, 0.25) is 0 Å². The monoisotopic (exact) mass is 241 g/mol. The van der Waals surface area contributed by atoms with E-state index in [1.807, 2.05) is 20.2 Å². The van der Waals surface area contributed by atoms with Crippen LogP contribution in [0.25, 0.3) is 0 Å². The van der Waals surface area contributed by atoms with Gasteiger partial charge in [0.15, 0.2) is 0 Å². The van der Waals surface area contributed by atoms with Crippen LogP contribution in [0.5, 0.6) is 0 Å². The summed E-state index contributed by atoms with van der Waals surface area (Å²) >= 11 is 1.76. The van der Waals surface area contributed by atoms with E-state index in [4.69, 9.17) is 4.74 Å². The van der Waals surface area contributed by atoms with Gasteiger partial charge in [0.25, 0.3) is 0 Å². The Morgan fingerprint density at radius 2 is 2.44 bits per heavy atom. The fraction of sp³-hybridized carbons (Fsp3) is 0.727. The van der Waals surface area contributed by atoms with Gasteiger partial charge in [0.2, 0.25) is 0 Å². The molecular weight excluding hydrogens is 222 g/mol. The lowest BCUT2D eigenvalue weighted by Crippen LogP contribution is -2.38. The van der Waals surface area contributed by atoms with Gasteiger partial charge in [0.1, 0.15) is 0 Å². The first-order valence-electron chi connectivity index (χ1n) is 5.66. The Morgan fingerprint density at radius 1 is 1.56 bits per heavy atom. The molecule has 2 unspecified atom stereocenters. The van der Waals surface area contributed by atoms with E-state index < -0.39 is 0 Å². The van der Waals surface area contributed by atoms with Gasteiger partial charge in [0, 0.05) is 36.1 Å². The molecule has 90 valence electrons. The van der Waals surface area contributed by atoms with Crippen LogP contribution in [0.3, 0.4) is 0 Å². The Labute approximate surface area is 100 Å². The van der Waals surface area contributed by atoms with Crippen LogP contribution < -0.4 is 10.6 Å². The summed E-state index contributed by atoms with van der Waals surface area (Å²) in [6.07, 6.45) is 1.95. The van der Waals surface area contributed by atoms with Crippen molar-refractivity contribution in [3.05, 3.63) is 16.1 Å². The first kappa shape index (κ1) is 12.0. The molecule has 0 saturated carbocycles. The predicted octanol–water partition coefficient (Wildman–Crippen LogP) is 0.776. The van der Waals surface area contributed by atoms with Crippen LogP contribution >= 0.6 is 11.3 Å². The molecule has 1 fully saturated rings. The summed E-state index contributed by atoms with van der Waals surface area (Å²) in [6, 6.07) is 0.496. The number of hydrogen-bond acceptors (Lipinski definition) is 5. The Balaban J connectivity index is 1.71. The molecule has 1 aliphatic heterocycles. The van der Waals surface area contributed by atoms with Crippen molar-refractivity contribution in [3.63, 3.8) is 0 Å². The average Bonchev–Trinajstić information content (AvgIpc) is 2.87. The zero-order chi connectivity index (χ0) is 11.4. The summed E-state index contributed by atoms with van der Waals surface area (Å²) in [6.45, 7) is 5.65. The average molecular weight is 241 g/mol.